The molecule has 0 radical (unpaired) electrons. The second-order valence-electron chi connectivity index (χ2n) is 8.77. The number of aryl methyl sites for hydroxylation is 1. The molecule has 1 heterocycles. The van der Waals surface area contributed by atoms with Crippen molar-refractivity contribution in [2.75, 3.05) is 0 Å². The van der Waals surface area contributed by atoms with Crippen molar-refractivity contribution in [3.05, 3.63) is 112 Å². The molecule has 3 aromatic carbocycles. The third kappa shape index (κ3) is 6.64. The lowest BCUT2D eigenvalue weighted by Gasteiger charge is -2.18. The summed E-state index contributed by atoms with van der Waals surface area (Å²) in [6.45, 7) is 3.96. The molecule has 4 aromatic rings. The molecule has 0 unspecified atom stereocenters. The zero-order valence-electron chi connectivity index (χ0n) is 20.9. The van der Waals surface area contributed by atoms with E-state index in [2.05, 4.69) is 5.32 Å². The third-order valence-corrected chi connectivity index (χ3v) is 6.05. The summed E-state index contributed by atoms with van der Waals surface area (Å²) < 4.78 is 16.4. The Bertz CT molecular complexity index is 1430. The van der Waals surface area contributed by atoms with Crippen LogP contribution in [-0.4, -0.2) is 18.1 Å². The second-order valence-corrected chi connectivity index (χ2v) is 8.77. The van der Waals surface area contributed by atoms with Crippen molar-refractivity contribution in [3.63, 3.8) is 0 Å². The average Bonchev–Trinajstić information content (AvgIpc) is 2.90. The van der Waals surface area contributed by atoms with Crippen LogP contribution in [0.5, 0.6) is 5.75 Å². The number of amides is 1. The molecule has 37 heavy (non-hydrogen) atoms. The number of ether oxygens (including phenoxy) is 2. The monoisotopic (exact) mass is 499 g/mol. The summed E-state index contributed by atoms with van der Waals surface area (Å²) in [7, 11) is 0. The predicted octanol–water partition coefficient (Wildman–Crippen LogP) is 5.50. The first-order chi connectivity index (χ1) is 17.9. The number of esters is 1. The molecule has 0 fully saturated rings. The van der Waals surface area contributed by atoms with Gasteiger partial charge in [0.05, 0.1) is 0 Å². The minimum atomic E-state index is -0.998. The van der Waals surface area contributed by atoms with Crippen LogP contribution >= 0.6 is 0 Å². The minimum Gasteiger partial charge on any atom is -0.445 e. The first-order valence-electron chi connectivity index (χ1n) is 12.2. The van der Waals surface area contributed by atoms with Crippen molar-refractivity contribution < 1.29 is 23.5 Å². The maximum Gasteiger partial charge on any atom is 0.408 e. The summed E-state index contributed by atoms with van der Waals surface area (Å²) in [6, 6.07) is 22.5. The molecule has 4 rings (SSSR count). The number of hydrogen-bond donors (Lipinski definition) is 1. The van der Waals surface area contributed by atoms with E-state index in [1.165, 1.54) is 6.07 Å². The Hall–Kier alpha value is -4.39. The van der Waals surface area contributed by atoms with Gasteiger partial charge in [0.2, 0.25) is 0 Å². The van der Waals surface area contributed by atoms with Crippen LogP contribution in [0.3, 0.4) is 0 Å². The lowest BCUT2D eigenvalue weighted by atomic mass is 10.0. The van der Waals surface area contributed by atoms with Gasteiger partial charge in [0, 0.05) is 23.4 Å². The molecule has 0 aliphatic heterocycles. The Kier molecular flexibility index (Phi) is 8.36. The number of carbonyl (C=O) groups is 2. The molecule has 7 heteroatoms. The van der Waals surface area contributed by atoms with Crippen LogP contribution < -0.4 is 15.7 Å². The number of carbonyl (C=O) groups excluding carboxylic acids is 2. The number of benzene rings is 3. The topological polar surface area (TPSA) is 94.8 Å². The van der Waals surface area contributed by atoms with Crippen LogP contribution in [0.1, 0.15) is 35.6 Å². The smallest absolute Gasteiger partial charge is 0.408 e. The molecule has 190 valence electrons. The number of fused-ring (bicyclic) bond motifs is 1. The molecule has 0 aliphatic carbocycles. The van der Waals surface area contributed by atoms with Crippen LogP contribution in [0.4, 0.5) is 4.79 Å². The first-order valence-corrected chi connectivity index (χ1v) is 12.2. The van der Waals surface area contributed by atoms with E-state index >= 15 is 0 Å². The molecule has 0 saturated heterocycles. The highest BCUT2D eigenvalue weighted by molar-refractivity contribution is 5.86. The Morgan fingerprint density at radius 3 is 2.30 bits per heavy atom. The third-order valence-electron chi connectivity index (χ3n) is 6.05. The molecule has 1 amide bonds. The zero-order valence-corrected chi connectivity index (χ0v) is 20.9. The number of alkyl carbamates (subject to hydrolysis) is 1. The maximum absolute atomic E-state index is 13.2. The van der Waals surface area contributed by atoms with Gasteiger partial charge in [-0.2, -0.15) is 0 Å². The van der Waals surface area contributed by atoms with Gasteiger partial charge in [-0.05, 0) is 42.2 Å². The molecule has 0 bridgehead atoms. The lowest BCUT2D eigenvalue weighted by molar-refractivity contribution is -0.136. The van der Waals surface area contributed by atoms with Gasteiger partial charge in [-0.25, -0.2) is 14.4 Å². The minimum absolute atomic E-state index is 0.0723. The quantitative estimate of drug-likeness (QED) is 0.186. The highest BCUT2D eigenvalue weighted by atomic mass is 16.6. The van der Waals surface area contributed by atoms with Crippen molar-refractivity contribution in [2.24, 2.45) is 0 Å². The van der Waals surface area contributed by atoms with Crippen molar-refractivity contribution in [1.82, 2.24) is 5.32 Å². The van der Waals surface area contributed by atoms with Gasteiger partial charge in [0.1, 0.15) is 24.0 Å². The standard InChI is InChI=1S/C30H29NO6/c1-3-10-25-20(2)24-16-15-23(18-27(24)37-28(25)32)36-29(33)26(17-21-11-6-4-7-12-21)31-30(34)35-19-22-13-8-5-9-14-22/h4-9,11-16,18,26H,3,10,17,19H2,1-2H3,(H,31,34)/t26-/m1/s1. The van der Waals surface area contributed by atoms with E-state index in [0.29, 0.717) is 17.6 Å². The first kappa shape index (κ1) is 25.7. The van der Waals surface area contributed by atoms with E-state index in [1.54, 1.807) is 12.1 Å². The van der Waals surface area contributed by atoms with Crippen molar-refractivity contribution in [3.8, 4) is 5.75 Å². The normalized spacial score (nSPS) is 11.6. The van der Waals surface area contributed by atoms with E-state index in [-0.39, 0.29) is 24.4 Å². The molecular formula is C30H29NO6. The SMILES string of the molecule is CCCc1c(C)c2ccc(OC(=O)[C@@H](Cc3ccccc3)NC(=O)OCc3ccccc3)cc2oc1=O. The van der Waals surface area contributed by atoms with Gasteiger partial charge in [-0.1, -0.05) is 74.0 Å². The zero-order chi connectivity index (χ0) is 26.2. The summed E-state index contributed by atoms with van der Waals surface area (Å²) >= 11 is 0. The predicted molar refractivity (Wildman–Crippen MR) is 141 cm³/mol. The Balaban J connectivity index is 1.51. The van der Waals surface area contributed by atoms with E-state index < -0.39 is 18.1 Å². The molecule has 0 saturated carbocycles. The van der Waals surface area contributed by atoms with Crippen molar-refractivity contribution >= 4 is 23.0 Å². The van der Waals surface area contributed by atoms with Crippen LogP contribution in [0.2, 0.25) is 0 Å². The summed E-state index contributed by atoms with van der Waals surface area (Å²) in [4.78, 5) is 38.1. The van der Waals surface area contributed by atoms with Crippen LogP contribution in [0.15, 0.2) is 88.1 Å². The fraction of sp³-hybridized carbons (Fsp3) is 0.233. The van der Waals surface area contributed by atoms with Gasteiger partial charge in [0.25, 0.3) is 0 Å². The van der Waals surface area contributed by atoms with Crippen LogP contribution in [-0.2, 0) is 29.0 Å². The van der Waals surface area contributed by atoms with E-state index in [0.717, 1.165) is 28.5 Å². The molecular weight excluding hydrogens is 470 g/mol. The average molecular weight is 500 g/mol. The molecule has 0 spiro atoms. The molecule has 7 nitrogen and oxygen atoms in total. The Morgan fingerprint density at radius 1 is 0.946 bits per heavy atom. The van der Waals surface area contributed by atoms with E-state index in [4.69, 9.17) is 13.9 Å². The number of nitrogens with one attached hydrogen (secondary N) is 1. The van der Waals surface area contributed by atoms with Gasteiger partial charge in [0.15, 0.2) is 0 Å². The largest absolute Gasteiger partial charge is 0.445 e. The van der Waals surface area contributed by atoms with Gasteiger partial charge >= 0.3 is 17.7 Å². The van der Waals surface area contributed by atoms with E-state index in [9.17, 15) is 14.4 Å². The summed E-state index contributed by atoms with van der Waals surface area (Å²) in [6.07, 6.45) is 0.942. The molecule has 0 aliphatic rings. The van der Waals surface area contributed by atoms with Crippen LogP contribution in [0.25, 0.3) is 11.0 Å². The molecule has 1 aromatic heterocycles. The van der Waals surface area contributed by atoms with Crippen LogP contribution in [0, 0.1) is 6.92 Å². The molecule has 1 N–H and O–H groups in total. The molecule has 1 atom stereocenters. The lowest BCUT2D eigenvalue weighted by Crippen LogP contribution is -2.44. The highest BCUT2D eigenvalue weighted by Gasteiger charge is 2.25. The van der Waals surface area contributed by atoms with Gasteiger partial charge in [-0.15, -0.1) is 0 Å². The van der Waals surface area contributed by atoms with E-state index in [1.807, 2.05) is 74.5 Å². The van der Waals surface area contributed by atoms with Crippen molar-refractivity contribution in [2.45, 2.75) is 45.8 Å². The summed E-state index contributed by atoms with van der Waals surface area (Å²) in [5, 5.41) is 3.41. The maximum atomic E-state index is 13.2. The second kappa shape index (κ2) is 12.0. The van der Waals surface area contributed by atoms with Gasteiger partial charge in [-0.3, -0.25) is 0 Å². The fourth-order valence-electron chi connectivity index (χ4n) is 4.11. The summed E-state index contributed by atoms with van der Waals surface area (Å²) in [5.74, 6) is -0.456. The fourth-order valence-corrected chi connectivity index (χ4v) is 4.11. The Labute approximate surface area is 215 Å². The summed E-state index contributed by atoms with van der Waals surface area (Å²) in [5.41, 5.74) is 3.13. The highest BCUT2D eigenvalue weighted by Crippen LogP contribution is 2.25. The van der Waals surface area contributed by atoms with Crippen molar-refractivity contribution in [1.29, 1.82) is 0 Å². The number of hydrogen-bond acceptors (Lipinski definition) is 6. The number of rotatable bonds is 9. The Morgan fingerprint density at radius 2 is 1.62 bits per heavy atom. The van der Waals surface area contributed by atoms with Gasteiger partial charge < -0.3 is 19.2 Å².